The normalized spacial score (nSPS) is 11.2. The molecular formula is C17H13Cl2N5O3S. The third-order valence-electron chi connectivity index (χ3n) is 3.57. The van der Waals surface area contributed by atoms with E-state index in [4.69, 9.17) is 23.2 Å². The van der Waals surface area contributed by atoms with Crippen molar-refractivity contribution in [3.8, 4) is 5.82 Å². The molecule has 1 amide bonds. The Labute approximate surface area is 170 Å². The Morgan fingerprint density at radius 2 is 1.89 bits per heavy atom. The standard InChI is InChI=1S/C17H13Cl2N5O3S/c1-10(16-21-9-22-24(16)15-4-3-12(18)8-20-15)23-17(25)11-5-13(19)7-14(6-11)28(2,26)27/h3-9H,1H2,2H3,(H,23,25). The zero-order chi connectivity index (χ0) is 20.5. The molecule has 144 valence electrons. The van der Waals surface area contributed by atoms with Crippen molar-refractivity contribution < 1.29 is 13.2 Å². The zero-order valence-electron chi connectivity index (χ0n) is 14.4. The number of rotatable bonds is 5. The van der Waals surface area contributed by atoms with E-state index in [2.05, 4.69) is 27.0 Å². The van der Waals surface area contributed by atoms with Crippen molar-refractivity contribution in [3.63, 3.8) is 0 Å². The van der Waals surface area contributed by atoms with Crippen molar-refractivity contribution in [1.29, 1.82) is 0 Å². The lowest BCUT2D eigenvalue weighted by Gasteiger charge is -2.10. The van der Waals surface area contributed by atoms with E-state index in [-0.39, 0.29) is 27.0 Å². The second kappa shape index (κ2) is 7.70. The van der Waals surface area contributed by atoms with Gasteiger partial charge < -0.3 is 5.32 Å². The number of nitrogens with zero attached hydrogens (tertiary/aromatic N) is 4. The molecule has 0 radical (unpaired) electrons. The Hall–Kier alpha value is -2.75. The number of nitrogens with one attached hydrogen (secondary N) is 1. The molecule has 2 aromatic heterocycles. The van der Waals surface area contributed by atoms with E-state index >= 15 is 0 Å². The fourth-order valence-electron chi connectivity index (χ4n) is 2.28. The summed E-state index contributed by atoms with van der Waals surface area (Å²) in [5.74, 6) is 0.0685. The van der Waals surface area contributed by atoms with Gasteiger partial charge in [-0.05, 0) is 30.3 Å². The molecule has 0 spiro atoms. The molecule has 0 aliphatic carbocycles. The van der Waals surface area contributed by atoms with E-state index in [9.17, 15) is 13.2 Å². The van der Waals surface area contributed by atoms with Gasteiger partial charge in [0.05, 0.1) is 15.6 Å². The Morgan fingerprint density at radius 1 is 1.14 bits per heavy atom. The van der Waals surface area contributed by atoms with Crippen molar-refractivity contribution in [3.05, 3.63) is 70.9 Å². The summed E-state index contributed by atoms with van der Waals surface area (Å²) in [6.07, 6.45) is 3.76. The first-order chi connectivity index (χ1) is 13.1. The second-order valence-electron chi connectivity index (χ2n) is 5.71. The van der Waals surface area contributed by atoms with E-state index in [1.807, 2.05) is 0 Å². The zero-order valence-corrected chi connectivity index (χ0v) is 16.8. The molecule has 0 fully saturated rings. The van der Waals surface area contributed by atoms with Gasteiger partial charge in [-0.2, -0.15) is 9.78 Å². The number of halogens is 2. The van der Waals surface area contributed by atoms with Crippen molar-refractivity contribution in [1.82, 2.24) is 25.1 Å². The molecular weight excluding hydrogens is 425 g/mol. The summed E-state index contributed by atoms with van der Waals surface area (Å²) in [4.78, 5) is 20.7. The summed E-state index contributed by atoms with van der Waals surface area (Å²) in [5, 5.41) is 7.20. The van der Waals surface area contributed by atoms with Crippen LogP contribution in [-0.4, -0.2) is 40.3 Å². The molecule has 1 N–H and O–H groups in total. The quantitative estimate of drug-likeness (QED) is 0.657. The fraction of sp³-hybridized carbons (Fsp3) is 0.0588. The molecule has 0 aliphatic heterocycles. The lowest BCUT2D eigenvalue weighted by molar-refractivity contribution is 0.0973. The molecule has 0 saturated heterocycles. The van der Waals surface area contributed by atoms with Crippen LogP contribution < -0.4 is 5.32 Å². The van der Waals surface area contributed by atoms with E-state index < -0.39 is 15.7 Å². The van der Waals surface area contributed by atoms with E-state index in [0.717, 1.165) is 6.26 Å². The SMILES string of the molecule is C=C(NC(=O)c1cc(Cl)cc(S(C)(=O)=O)c1)c1ncnn1-c1ccc(Cl)cn1. The van der Waals surface area contributed by atoms with Crippen LogP contribution in [0.25, 0.3) is 11.5 Å². The number of carbonyl (C=O) groups excluding carboxylic acids is 1. The fourth-order valence-corrected chi connectivity index (χ4v) is 3.37. The number of benzene rings is 1. The molecule has 0 unspecified atom stereocenters. The van der Waals surface area contributed by atoms with Gasteiger partial charge in [-0.25, -0.2) is 18.4 Å². The second-order valence-corrected chi connectivity index (χ2v) is 8.60. The lowest BCUT2D eigenvalue weighted by Crippen LogP contribution is -2.23. The molecule has 0 atom stereocenters. The van der Waals surface area contributed by atoms with Crippen LogP contribution >= 0.6 is 23.2 Å². The molecule has 0 bridgehead atoms. The topological polar surface area (TPSA) is 107 Å². The highest BCUT2D eigenvalue weighted by molar-refractivity contribution is 7.90. The van der Waals surface area contributed by atoms with Crippen LogP contribution in [0.4, 0.5) is 0 Å². The van der Waals surface area contributed by atoms with Gasteiger partial charge >= 0.3 is 0 Å². The largest absolute Gasteiger partial charge is 0.319 e. The van der Waals surface area contributed by atoms with E-state index in [1.54, 1.807) is 12.1 Å². The summed E-state index contributed by atoms with van der Waals surface area (Å²) in [6.45, 7) is 3.80. The minimum atomic E-state index is -3.53. The van der Waals surface area contributed by atoms with Gasteiger partial charge in [0, 0.05) is 23.0 Å². The van der Waals surface area contributed by atoms with Crippen molar-refractivity contribution in [2.24, 2.45) is 0 Å². The molecule has 3 rings (SSSR count). The summed E-state index contributed by atoms with van der Waals surface area (Å²) >= 11 is 11.8. The van der Waals surface area contributed by atoms with Crippen LogP contribution in [0.15, 0.2) is 54.3 Å². The predicted molar refractivity (Wildman–Crippen MR) is 105 cm³/mol. The number of amides is 1. The highest BCUT2D eigenvalue weighted by Gasteiger charge is 2.17. The molecule has 11 heteroatoms. The summed E-state index contributed by atoms with van der Waals surface area (Å²) in [7, 11) is -3.53. The summed E-state index contributed by atoms with van der Waals surface area (Å²) < 4.78 is 24.9. The number of hydrogen-bond donors (Lipinski definition) is 1. The van der Waals surface area contributed by atoms with Gasteiger partial charge in [-0.1, -0.05) is 29.8 Å². The third kappa shape index (κ3) is 4.38. The van der Waals surface area contributed by atoms with Crippen molar-refractivity contribution in [2.45, 2.75) is 4.90 Å². The monoisotopic (exact) mass is 437 g/mol. The molecule has 28 heavy (non-hydrogen) atoms. The van der Waals surface area contributed by atoms with Crippen molar-refractivity contribution in [2.75, 3.05) is 6.26 Å². The van der Waals surface area contributed by atoms with Gasteiger partial charge in [-0.15, -0.1) is 0 Å². The van der Waals surface area contributed by atoms with Crippen LogP contribution in [-0.2, 0) is 9.84 Å². The highest BCUT2D eigenvalue weighted by atomic mass is 35.5. The molecule has 1 aromatic carbocycles. The first-order valence-electron chi connectivity index (χ1n) is 7.68. The summed E-state index contributed by atoms with van der Waals surface area (Å²) in [6, 6.07) is 7.12. The number of pyridine rings is 1. The molecule has 0 aliphatic rings. The van der Waals surface area contributed by atoms with Gasteiger partial charge in [0.25, 0.3) is 5.91 Å². The maximum atomic E-state index is 12.6. The Balaban J connectivity index is 1.87. The smallest absolute Gasteiger partial charge is 0.255 e. The van der Waals surface area contributed by atoms with E-state index in [1.165, 1.54) is 35.4 Å². The molecule has 3 aromatic rings. The number of hydrogen-bond acceptors (Lipinski definition) is 6. The number of carbonyl (C=O) groups is 1. The van der Waals surface area contributed by atoms with Crippen LogP contribution in [0.5, 0.6) is 0 Å². The highest BCUT2D eigenvalue weighted by Crippen LogP contribution is 2.20. The van der Waals surface area contributed by atoms with Crippen LogP contribution in [0.2, 0.25) is 10.0 Å². The first-order valence-corrected chi connectivity index (χ1v) is 10.3. The number of aromatic nitrogens is 4. The number of sulfone groups is 1. The van der Waals surface area contributed by atoms with Gasteiger partial charge in [0.15, 0.2) is 21.5 Å². The first kappa shape index (κ1) is 20.0. The molecule has 0 saturated carbocycles. The van der Waals surface area contributed by atoms with E-state index in [0.29, 0.717) is 10.8 Å². The molecule has 8 nitrogen and oxygen atoms in total. The van der Waals surface area contributed by atoms with Crippen molar-refractivity contribution >= 4 is 44.6 Å². The predicted octanol–water partition coefficient (Wildman–Crippen LogP) is 2.77. The lowest BCUT2D eigenvalue weighted by atomic mass is 10.2. The molecule has 2 heterocycles. The van der Waals surface area contributed by atoms with Crippen LogP contribution in [0.1, 0.15) is 16.2 Å². The maximum absolute atomic E-state index is 12.6. The van der Waals surface area contributed by atoms with Gasteiger partial charge in [-0.3, -0.25) is 4.79 Å². The Morgan fingerprint density at radius 3 is 2.54 bits per heavy atom. The average Bonchev–Trinajstić information content (AvgIpc) is 3.11. The van der Waals surface area contributed by atoms with Gasteiger partial charge in [0.2, 0.25) is 0 Å². The minimum absolute atomic E-state index is 0.0600. The van der Waals surface area contributed by atoms with Crippen LogP contribution in [0, 0.1) is 0 Å². The Bertz CT molecular complexity index is 1170. The summed E-state index contributed by atoms with van der Waals surface area (Å²) in [5.41, 5.74) is 0.199. The average molecular weight is 438 g/mol. The Kier molecular flexibility index (Phi) is 5.50. The third-order valence-corrected chi connectivity index (χ3v) is 5.11. The van der Waals surface area contributed by atoms with Crippen LogP contribution in [0.3, 0.4) is 0 Å². The minimum Gasteiger partial charge on any atom is -0.319 e. The maximum Gasteiger partial charge on any atom is 0.255 e. The van der Waals surface area contributed by atoms with Gasteiger partial charge in [0.1, 0.15) is 6.33 Å².